The van der Waals surface area contributed by atoms with Crippen molar-refractivity contribution in [2.24, 2.45) is 0 Å². The van der Waals surface area contributed by atoms with Gasteiger partial charge in [0, 0.05) is 19.6 Å². The Kier molecular flexibility index (Phi) is 5.20. The number of nitrogens with zero attached hydrogens (tertiary/aromatic N) is 1. The molecule has 0 atom stereocenters. The standard InChI is InChI=1S/C14H20N2O2/c1-2-9-18-14-5-3-13(4-6-14)12-15-16-7-10-17-11-8-16/h2-6,15H,1,7-12H2. The lowest BCUT2D eigenvalue weighted by Crippen LogP contribution is -2.45. The minimum Gasteiger partial charge on any atom is -0.490 e. The van der Waals surface area contributed by atoms with Gasteiger partial charge in [0.15, 0.2) is 0 Å². The highest BCUT2D eigenvalue weighted by atomic mass is 16.5. The Balaban J connectivity index is 1.76. The largest absolute Gasteiger partial charge is 0.490 e. The molecule has 1 aliphatic rings. The molecule has 1 N–H and O–H groups in total. The Hall–Kier alpha value is -1.36. The number of benzene rings is 1. The van der Waals surface area contributed by atoms with E-state index in [9.17, 15) is 0 Å². The quantitative estimate of drug-likeness (QED) is 0.775. The average molecular weight is 248 g/mol. The maximum Gasteiger partial charge on any atom is 0.119 e. The fourth-order valence-corrected chi connectivity index (χ4v) is 1.78. The molecular weight excluding hydrogens is 228 g/mol. The van der Waals surface area contributed by atoms with Crippen molar-refractivity contribution in [1.29, 1.82) is 0 Å². The summed E-state index contributed by atoms with van der Waals surface area (Å²) < 4.78 is 10.7. The zero-order valence-electron chi connectivity index (χ0n) is 10.6. The summed E-state index contributed by atoms with van der Waals surface area (Å²) in [5.41, 5.74) is 4.64. The predicted molar refractivity (Wildman–Crippen MR) is 71.4 cm³/mol. The highest BCUT2D eigenvalue weighted by molar-refractivity contribution is 5.27. The molecule has 0 unspecified atom stereocenters. The summed E-state index contributed by atoms with van der Waals surface area (Å²) in [6.07, 6.45) is 1.74. The van der Waals surface area contributed by atoms with Gasteiger partial charge in [0.05, 0.1) is 13.2 Å². The van der Waals surface area contributed by atoms with Crippen LogP contribution in [-0.4, -0.2) is 37.9 Å². The molecule has 0 saturated carbocycles. The second-order valence-corrected chi connectivity index (χ2v) is 4.18. The van der Waals surface area contributed by atoms with Gasteiger partial charge >= 0.3 is 0 Å². The molecule has 1 fully saturated rings. The van der Waals surface area contributed by atoms with Crippen LogP contribution in [0.15, 0.2) is 36.9 Å². The van der Waals surface area contributed by atoms with E-state index in [0.29, 0.717) is 6.61 Å². The van der Waals surface area contributed by atoms with Crippen molar-refractivity contribution in [1.82, 2.24) is 10.4 Å². The Morgan fingerprint density at radius 1 is 1.28 bits per heavy atom. The summed E-state index contributed by atoms with van der Waals surface area (Å²) in [5.74, 6) is 0.880. The fraction of sp³-hybridized carbons (Fsp3) is 0.429. The van der Waals surface area contributed by atoms with Crippen molar-refractivity contribution in [3.63, 3.8) is 0 Å². The summed E-state index contributed by atoms with van der Waals surface area (Å²) in [7, 11) is 0. The van der Waals surface area contributed by atoms with Crippen molar-refractivity contribution in [3.8, 4) is 5.75 Å². The number of rotatable bonds is 6. The first-order valence-electron chi connectivity index (χ1n) is 6.27. The molecule has 98 valence electrons. The normalized spacial score (nSPS) is 16.4. The number of hydrogen-bond acceptors (Lipinski definition) is 4. The Morgan fingerprint density at radius 2 is 2.00 bits per heavy atom. The molecule has 4 heteroatoms. The monoisotopic (exact) mass is 248 g/mol. The molecule has 0 amide bonds. The van der Waals surface area contributed by atoms with E-state index in [1.165, 1.54) is 5.56 Å². The van der Waals surface area contributed by atoms with E-state index in [1.54, 1.807) is 6.08 Å². The number of nitrogens with one attached hydrogen (secondary N) is 1. The molecule has 2 rings (SSSR count). The highest BCUT2D eigenvalue weighted by Crippen LogP contribution is 2.12. The number of morpholine rings is 1. The first-order chi connectivity index (χ1) is 8.88. The summed E-state index contributed by atoms with van der Waals surface area (Å²) in [5, 5.41) is 2.20. The van der Waals surface area contributed by atoms with E-state index >= 15 is 0 Å². The molecule has 18 heavy (non-hydrogen) atoms. The Labute approximate surface area is 108 Å². The zero-order chi connectivity index (χ0) is 12.6. The van der Waals surface area contributed by atoms with Crippen LogP contribution < -0.4 is 10.2 Å². The summed E-state index contributed by atoms with van der Waals surface area (Å²) >= 11 is 0. The minimum atomic E-state index is 0.547. The molecule has 1 saturated heterocycles. The highest BCUT2D eigenvalue weighted by Gasteiger charge is 2.08. The third kappa shape index (κ3) is 4.14. The van der Waals surface area contributed by atoms with Gasteiger partial charge in [0.25, 0.3) is 0 Å². The second kappa shape index (κ2) is 7.16. The van der Waals surface area contributed by atoms with Crippen molar-refractivity contribution in [2.75, 3.05) is 32.9 Å². The SMILES string of the molecule is C=CCOc1ccc(CNN2CCOCC2)cc1. The molecule has 4 nitrogen and oxygen atoms in total. The van der Waals surface area contributed by atoms with Crippen molar-refractivity contribution in [3.05, 3.63) is 42.5 Å². The van der Waals surface area contributed by atoms with Crippen LogP contribution in [0.5, 0.6) is 5.75 Å². The third-order valence-corrected chi connectivity index (χ3v) is 2.81. The lowest BCUT2D eigenvalue weighted by Gasteiger charge is -2.27. The molecule has 0 aromatic heterocycles. The molecule has 0 bridgehead atoms. The minimum absolute atomic E-state index is 0.547. The van der Waals surface area contributed by atoms with Crippen LogP contribution in [0.2, 0.25) is 0 Å². The van der Waals surface area contributed by atoms with Crippen LogP contribution in [-0.2, 0) is 11.3 Å². The number of ether oxygens (including phenoxy) is 2. The van der Waals surface area contributed by atoms with Gasteiger partial charge in [-0.05, 0) is 17.7 Å². The predicted octanol–water partition coefficient (Wildman–Crippen LogP) is 1.59. The lowest BCUT2D eigenvalue weighted by atomic mass is 10.2. The molecule has 1 heterocycles. The van der Waals surface area contributed by atoms with Crippen LogP contribution in [0, 0.1) is 0 Å². The summed E-state index contributed by atoms with van der Waals surface area (Å²) in [6, 6.07) is 8.12. The van der Waals surface area contributed by atoms with Crippen LogP contribution in [0.4, 0.5) is 0 Å². The van der Waals surface area contributed by atoms with E-state index in [4.69, 9.17) is 9.47 Å². The molecule has 1 aromatic carbocycles. The van der Waals surface area contributed by atoms with Gasteiger partial charge in [0.1, 0.15) is 12.4 Å². The fourth-order valence-electron chi connectivity index (χ4n) is 1.78. The van der Waals surface area contributed by atoms with Gasteiger partial charge in [-0.1, -0.05) is 24.8 Å². The van der Waals surface area contributed by atoms with Crippen LogP contribution >= 0.6 is 0 Å². The maximum atomic E-state index is 5.44. The van der Waals surface area contributed by atoms with Crippen LogP contribution in [0.3, 0.4) is 0 Å². The van der Waals surface area contributed by atoms with E-state index in [2.05, 4.69) is 29.1 Å². The number of hydrogen-bond donors (Lipinski definition) is 1. The summed E-state index contributed by atoms with van der Waals surface area (Å²) in [4.78, 5) is 0. The molecule has 0 aliphatic carbocycles. The van der Waals surface area contributed by atoms with E-state index in [-0.39, 0.29) is 0 Å². The van der Waals surface area contributed by atoms with Gasteiger partial charge in [-0.2, -0.15) is 0 Å². The lowest BCUT2D eigenvalue weighted by molar-refractivity contribution is 0.0106. The van der Waals surface area contributed by atoms with E-state index in [0.717, 1.165) is 38.6 Å². The average Bonchev–Trinajstić information content (AvgIpc) is 2.45. The molecule has 0 radical (unpaired) electrons. The topological polar surface area (TPSA) is 33.7 Å². The Morgan fingerprint density at radius 3 is 2.67 bits per heavy atom. The first kappa shape index (κ1) is 13.1. The van der Waals surface area contributed by atoms with Gasteiger partial charge in [0.2, 0.25) is 0 Å². The van der Waals surface area contributed by atoms with Crippen LogP contribution in [0.25, 0.3) is 0 Å². The van der Waals surface area contributed by atoms with Gasteiger partial charge in [-0.3, -0.25) is 5.43 Å². The first-order valence-corrected chi connectivity index (χ1v) is 6.27. The van der Waals surface area contributed by atoms with Crippen LogP contribution in [0.1, 0.15) is 5.56 Å². The van der Waals surface area contributed by atoms with E-state index < -0.39 is 0 Å². The smallest absolute Gasteiger partial charge is 0.119 e. The van der Waals surface area contributed by atoms with Crippen molar-refractivity contribution in [2.45, 2.75) is 6.54 Å². The zero-order valence-corrected chi connectivity index (χ0v) is 10.6. The maximum absolute atomic E-state index is 5.44. The van der Waals surface area contributed by atoms with E-state index in [1.807, 2.05) is 12.1 Å². The van der Waals surface area contributed by atoms with Crippen molar-refractivity contribution >= 4 is 0 Å². The molecular formula is C14H20N2O2. The molecule has 1 aliphatic heterocycles. The van der Waals surface area contributed by atoms with Gasteiger partial charge in [-0.15, -0.1) is 0 Å². The molecule has 1 aromatic rings. The summed E-state index contributed by atoms with van der Waals surface area (Å²) in [6.45, 7) is 8.51. The van der Waals surface area contributed by atoms with Gasteiger partial charge in [-0.25, -0.2) is 5.01 Å². The third-order valence-electron chi connectivity index (χ3n) is 2.81. The second-order valence-electron chi connectivity index (χ2n) is 4.18. The molecule has 0 spiro atoms. The Bertz CT molecular complexity index is 359. The van der Waals surface area contributed by atoms with Gasteiger partial charge < -0.3 is 9.47 Å². The number of hydrazine groups is 1. The van der Waals surface area contributed by atoms with Crippen molar-refractivity contribution < 1.29 is 9.47 Å².